The lowest BCUT2D eigenvalue weighted by atomic mass is 10.2. The van der Waals surface area contributed by atoms with Gasteiger partial charge in [-0.05, 0) is 42.2 Å². The summed E-state index contributed by atoms with van der Waals surface area (Å²) in [5.41, 5.74) is 2.32. The Morgan fingerprint density at radius 1 is 1.22 bits per heavy atom. The Hall–Kier alpha value is -0.640. The lowest BCUT2D eigenvalue weighted by Crippen LogP contribution is -2.00. The van der Waals surface area contributed by atoms with Gasteiger partial charge in [0.2, 0.25) is 0 Å². The van der Waals surface area contributed by atoms with Crippen molar-refractivity contribution in [2.75, 3.05) is 11.6 Å². The zero-order valence-corrected chi connectivity index (χ0v) is 13.1. The molecule has 1 nitrogen and oxygen atoms in total. The predicted octanol–water partition coefficient (Wildman–Crippen LogP) is 5.44. The van der Waals surface area contributed by atoms with Crippen LogP contribution < -0.4 is 5.32 Å². The van der Waals surface area contributed by atoms with Gasteiger partial charge < -0.3 is 5.32 Å². The molecule has 2 aromatic carbocycles. The van der Waals surface area contributed by atoms with Gasteiger partial charge in [0.1, 0.15) is 0 Å². The quantitative estimate of drug-likeness (QED) is 0.743. The first-order valence-corrected chi connectivity index (χ1v) is 7.90. The molecule has 0 spiro atoms. The second kappa shape index (κ2) is 6.50. The third kappa shape index (κ3) is 3.67. The smallest absolute Gasteiger partial charge is 0.0417 e. The molecular weight excluding hydrogens is 330 g/mol. The Bertz CT molecular complexity index is 545. The molecule has 4 heteroatoms. The Balaban J connectivity index is 2.06. The summed E-state index contributed by atoms with van der Waals surface area (Å²) in [4.78, 5) is 1.26. The molecule has 0 fully saturated rings. The van der Waals surface area contributed by atoms with Gasteiger partial charge in [0.15, 0.2) is 0 Å². The van der Waals surface area contributed by atoms with Crippen LogP contribution in [0.1, 0.15) is 5.56 Å². The highest BCUT2D eigenvalue weighted by atomic mass is 79.9. The third-order valence-corrected chi connectivity index (χ3v) is 4.27. The van der Waals surface area contributed by atoms with Crippen molar-refractivity contribution >= 4 is 45.0 Å². The van der Waals surface area contributed by atoms with Crippen molar-refractivity contribution in [3.63, 3.8) is 0 Å². The van der Waals surface area contributed by atoms with Crippen LogP contribution in [0.2, 0.25) is 5.02 Å². The molecule has 0 unspecified atom stereocenters. The van der Waals surface area contributed by atoms with Gasteiger partial charge in [-0.2, -0.15) is 0 Å². The van der Waals surface area contributed by atoms with Crippen molar-refractivity contribution in [1.82, 2.24) is 0 Å². The molecule has 0 aliphatic rings. The third-order valence-electron chi connectivity index (χ3n) is 2.57. The average Bonchev–Trinajstić information content (AvgIpc) is 2.38. The first kappa shape index (κ1) is 13.8. The summed E-state index contributed by atoms with van der Waals surface area (Å²) in [7, 11) is 0. The van der Waals surface area contributed by atoms with Crippen LogP contribution in [0.3, 0.4) is 0 Å². The normalized spacial score (nSPS) is 10.4. The fourth-order valence-electron chi connectivity index (χ4n) is 1.60. The lowest BCUT2D eigenvalue weighted by molar-refractivity contribution is 1.13. The van der Waals surface area contributed by atoms with E-state index in [0.717, 1.165) is 21.7 Å². The van der Waals surface area contributed by atoms with Gasteiger partial charge in [-0.1, -0.05) is 39.7 Å². The fourth-order valence-corrected chi connectivity index (χ4v) is 2.88. The summed E-state index contributed by atoms with van der Waals surface area (Å²) in [6.45, 7) is 0.773. The topological polar surface area (TPSA) is 12.0 Å². The van der Waals surface area contributed by atoms with Crippen LogP contribution in [0, 0.1) is 0 Å². The second-order valence-electron chi connectivity index (χ2n) is 3.82. The van der Waals surface area contributed by atoms with Gasteiger partial charge in [-0.25, -0.2) is 0 Å². The molecule has 18 heavy (non-hydrogen) atoms. The number of rotatable bonds is 4. The van der Waals surface area contributed by atoms with E-state index in [4.69, 9.17) is 11.6 Å². The molecule has 2 rings (SSSR count). The van der Waals surface area contributed by atoms with Crippen LogP contribution in [-0.2, 0) is 6.54 Å². The van der Waals surface area contributed by atoms with Crippen molar-refractivity contribution in [3.8, 4) is 0 Å². The molecule has 0 atom stereocenters. The van der Waals surface area contributed by atoms with E-state index < -0.39 is 0 Å². The highest BCUT2D eigenvalue weighted by Crippen LogP contribution is 2.23. The van der Waals surface area contributed by atoms with Crippen LogP contribution in [0.25, 0.3) is 0 Å². The Morgan fingerprint density at radius 2 is 2.06 bits per heavy atom. The largest absolute Gasteiger partial charge is 0.381 e. The van der Waals surface area contributed by atoms with E-state index in [2.05, 4.69) is 51.8 Å². The maximum atomic E-state index is 5.92. The molecule has 94 valence electrons. The summed E-state index contributed by atoms with van der Waals surface area (Å²) in [6, 6.07) is 14.2. The van der Waals surface area contributed by atoms with E-state index in [1.54, 1.807) is 11.8 Å². The van der Waals surface area contributed by atoms with Gasteiger partial charge in [-0.15, -0.1) is 11.8 Å². The van der Waals surface area contributed by atoms with Crippen LogP contribution in [-0.4, -0.2) is 6.26 Å². The van der Waals surface area contributed by atoms with Crippen molar-refractivity contribution in [1.29, 1.82) is 0 Å². The van der Waals surface area contributed by atoms with E-state index in [1.807, 2.05) is 18.2 Å². The molecular formula is C14H13BrClNS. The van der Waals surface area contributed by atoms with Crippen LogP contribution in [0.5, 0.6) is 0 Å². The summed E-state index contributed by atoms with van der Waals surface area (Å²) >= 11 is 11.2. The van der Waals surface area contributed by atoms with Crippen LogP contribution in [0.4, 0.5) is 5.69 Å². The van der Waals surface area contributed by atoms with Crippen molar-refractivity contribution in [2.24, 2.45) is 0 Å². The number of benzene rings is 2. The molecule has 0 saturated heterocycles. The molecule has 0 bridgehead atoms. The summed E-state index contributed by atoms with van der Waals surface area (Å²) < 4.78 is 1.03. The highest BCUT2D eigenvalue weighted by Gasteiger charge is 2.01. The highest BCUT2D eigenvalue weighted by molar-refractivity contribution is 9.10. The van der Waals surface area contributed by atoms with E-state index >= 15 is 0 Å². The molecule has 0 aliphatic carbocycles. The SMILES string of the molecule is CSc1cccc(NCc2ccc(Cl)cc2Br)c1. The van der Waals surface area contributed by atoms with Crippen LogP contribution in [0.15, 0.2) is 51.8 Å². The Morgan fingerprint density at radius 3 is 2.78 bits per heavy atom. The Kier molecular flexibility index (Phi) is 4.98. The minimum atomic E-state index is 0.745. The first-order valence-electron chi connectivity index (χ1n) is 5.51. The van der Waals surface area contributed by atoms with E-state index in [0.29, 0.717) is 0 Å². The molecule has 0 aliphatic heterocycles. The lowest BCUT2D eigenvalue weighted by Gasteiger charge is -2.09. The monoisotopic (exact) mass is 341 g/mol. The number of hydrogen-bond donors (Lipinski definition) is 1. The Labute approximate surface area is 125 Å². The van der Waals surface area contributed by atoms with Gasteiger partial charge >= 0.3 is 0 Å². The second-order valence-corrected chi connectivity index (χ2v) is 5.99. The zero-order valence-electron chi connectivity index (χ0n) is 9.91. The molecule has 0 radical (unpaired) electrons. The van der Waals surface area contributed by atoms with E-state index in [9.17, 15) is 0 Å². The minimum Gasteiger partial charge on any atom is -0.381 e. The number of anilines is 1. The average molecular weight is 343 g/mol. The molecule has 1 N–H and O–H groups in total. The van der Waals surface area contributed by atoms with Gasteiger partial charge in [0.05, 0.1) is 0 Å². The van der Waals surface area contributed by atoms with Crippen molar-refractivity contribution in [3.05, 3.63) is 57.5 Å². The van der Waals surface area contributed by atoms with E-state index in [1.165, 1.54) is 10.5 Å². The summed E-state index contributed by atoms with van der Waals surface area (Å²) in [5, 5.41) is 4.15. The molecule has 0 amide bonds. The van der Waals surface area contributed by atoms with Crippen molar-refractivity contribution < 1.29 is 0 Å². The zero-order chi connectivity index (χ0) is 13.0. The van der Waals surface area contributed by atoms with E-state index in [-0.39, 0.29) is 0 Å². The standard InChI is InChI=1S/C14H13BrClNS/c1-18-13-4-2-3-12(8-13)17-9-10-5-6-11(16)7-14(10)15/h2-8,17H,9H2,1H3. The first-order chi connectivity index (χ1) is 8.69. The maximum absolute atomic E-state index is 5.92. The maximum Gasteiger partial charge on any atom is 0.0417 e. The number of nitrogens with one attached hydrogen (secondary N) is 1. The number of halogens is 2. The van der Waals surface area contributed by atoms with Gasteiger partial charge in [0.25, 0.3) is 0 Å². The number of thioether (sulfide) groups is 1. The predicted molar refractivity (Wildman–Crippen MR) is 84.7 cm³/mol. The molecule has 0 saturated carbocycles. The van der Waals surface area contributed by atoms with Crippen LogP contribution >= 0.6 is 39.3 Å². The van der Waals surface area contributed by atoms with Gasteiger partial charge in [0, 0.05) is 26.6 Å². The minimum absolute atomic E-state index is 0.745. The molecule has 0 aromatic heterocycles. The number of hydrogen-bond acceptors (Lipinski definition) is 2. The van der Waals surface area contributed by atoms with Crippen molar-refractivity contribution in [2.45, 2.75) is 11.4 Å². The van der Waals surface area contributed by atoms with Gasteiger partial charge in [-0.3, -0.25) is 0 Å². The molecule has 0 heterocycles. The molecule has 2 aromatic rings. The summed E-state index contributed by atoms with van der Waals surface area (Å²) in [6.07, 6.45) is 2.08. The fraction of sp³-hybridized carbons (Fsp3) is 0.143. The summed E-state index contributed by atoms with van der Waals surface area (Å²) in [5.74, 6) is 0.